The standard InChI is InChI=1S/C8H6FNO4S/c9-15(12,13)6-3-1-2-5-8(6)10-7(11)4-14-5/h1-3H,4H2,(H,10,11). The lowest BCUT2D eigenvalue weighted by atomic mass is 10.2. The first-order valence-electron chi connectivity index (χ1n) is 3.99. The van der Waals surface area contributed by atoms with E-state index in [0.717, 1.165) is 6.07 Å². The Morgan fingerprint density at radius 1 is 1.40 bits per heavy atom. The minimum absolute atomic E-state index is 0.142. The smallest absolute Gasteiger partial charge is 0.334 e. The summed E-state index contributed by atoms with van der Waals surface area (Å²) in [6.45, 7) is -0.206. The van der Waals surface area contributed by atoms with Crippen LogP contribution in [0.15, 0.2) is 23.1 Å². The Bertz CT molecular complexity index is 525. The molecule has 0 saturated carbocycles. The molecule has 1 aromatic carbocycles. The van der Waals surface area contributed by atoms with Gasteiger partial charge in [0.05, 0.1) is 0 Å². The van der Waals surface area contributed by atoms with Gasteiger partial charge in [-0.1, -0.05) is 6.07 Å². The average Bonchev–Trinajstić information content (AvgIpc) is 2.15. The zero-order valence-corrected chi connectivity index (χ0v) is 8.17. The predicted octanol–water partition coefficient (Wildman–Crippen LogP) is 0.676. The number of ether oxygens (including phenoxy) is 1. The monoisotopic (exact) mass is 231 g/mol. The molecule has 80 valence electrons. The van der Waals surface area contributed by atoms with Crippen molar-refractivity contribution in [2.75, 3.05) is 11.9 Å². The van der Waals surface area contributed by atoms with Crippen molar-refractivity contribution >= 4 is 21.8 Å². The third-order valence-corrected chi connectivity index (χ3v) is 2.74. The lowest BCUT2D eigenvalue weighted by molar-refractivity contribution is -0.118. The molecule has 7 heteroatoms. The van der Waals surface area contributed by atoms with E-state index in [4.69, 9.17) is 4.74 Å². The van der Waals surface area contributed by atoms with Crippen LogP contribution in [0.4, 0.5) is 9.57 Å². The van der Waals surface area contributed by atoms with Gasteiger partial charge in [0.25, 0.3) is 5.91 Å². The average molecular weight is 231 g/mol. The largest absolute Gasteiger partial charge is 0.482 e. The fourth-order valence-corrected chi connectivity index (χ4v) is 1.91. The van der Waals surface area contributed by atoms with Crippen LogP contribution in [-0.2, 0) is 15.0 Å². The van der Waals surface area contributed by atoms with Crippen LogP contribution < -0.4 is 10.1 Å². The van der Waals surface area contributed by atoms with E-state index in [1.54, 1.807) is 0 Å². The second-order valence-electron chi connectivity index (χ2n) is 2.90. The Labute approximate surface area is 85.1 Å². The van der Waals surface area contributed by atoms with E-state index < -0.39 is 21.0 Å². The van der Waals surface area contributed by atoms with Gasteiger partial charge in [-0.05, 0) is 12.1 Å². The van der Waals surface area contributed by atoms with Gasteiger partial charge in [0, 0.05) is 0 Å². The molecule has 0 fully saturated rings. The molecule has 0 atom stereocenters. The van der Waals surface area contributed by atoms with Gasteiger partial charge in [-0.25, -0.2) is 0 Å². The molecule has 0 saturated heterocycles. The summed E-state index contributed by atoms with van der Waals surface area (Å²) in [4.78, 5) is 10.4. The van der Waals surface area contributed by atoms with E-state index in [2.05, 4.69) is 5.32 Å². The number of fused-ring (bicyclic) bond motifs is 1. The number of carbonyl (C=O) groups excluding carboxylic acids is 1. The maximum atomic E-state index is 12.8. The Kier molecular flexibility index (Phi) is 2.11. The van der Waals surface area contributed by atoms with E-state index >= 15 is 0 Å². The Balaban J connectivity index is 2.64. The molecule has 0 aliphatic carbocycles. The Hall–Kier alpha value is -1.63. The van der Waals surface area contributed by atoms with E-state index in [1.165, 1.54) is 12.1 Å². The minimum Gasteiger partial charge on any atom is -0.482 e. The van der Waals surface area contributed by atoms with Gasteiger partial charge in [-0.2, -0.15) is 8.42 Å². The third-order valence-electron chi connectivity index (χ3n) is 1.87. The maximum absolute atomic E-state index is 12.8. The van der Waals surface area contributed by atoms with Crippen molar-refractivity contribution < 1.29 is 21.8 Å². The van der Waals surface area contributed by atoms with Gasteiger partial charge in [0.15, 0.2) is 6.61 Å². The van der Waals surface area contributed by atoms with Crippen LogP contribution >= 0.6 is 0 Å². The summed E-state index contributed by atoms with van der Waals surface area (Å²) < 4.78 is 39.2. The zero-order valence-electron chi connectivity index (χ0n) is 7.36. The topological polar surface area (TPSA) is 72.5 Å². The maximum Gasteiger partial charge on any atom is 0.334 e. The molecule has 0 radical (unpaired) electrons. The van der Waals surface area contributed by atoms with Crippen molar-refractivity contribution in [1.82, 2.24) is 0 Å². The van der Waals surface area contributed by atoms with Gasteiger partial charge in [0.1, 0.15) is 16.3 Å². The van der Waals surface area contributed by atoms with Gasteiger partial charge in [-0.15, -0.1) is 3.89 Å². The first kappa shape index (κ1) is 9.91. The molecular formula is C8H6FNO4S. The van der Waals surface area contributed by atoms with Crippen LogP contribution in [0.25, 0.3) is 0 Å². The molecule has 1 amide bonds. The number of hydrogen-bond donors (Lipinski definition) is 1. The SMILES string of the molecule is O=C1COc2cccc(S(=O)(=O)F)c2N1. The molecule has 0 unspecified atom stereocenters. The first-order chi connectivity index (χ1) is 6.98. The molecule has 1 N–H and O–H groups in total. The Morgan fingerprint density at radius 3 is 2.80 bits per heavy atom. The number of rotatable bonds is 1. The summed E-state index contributed by atoms with van der Waals surface area (Å²) in [6, 6.07) is 3.84. The van der Waals surface area contributed by atoms with Gasteiger partial charge >= 0.3 is 10.2 Å². The van der Waals surface area contributed by atoms with Crippen molar-refractivity contribution in [2.45, 2.75) is 4.90 Å². The van der Waals surface area contributed by atoms with Crippen LogP contribution in [0.2, 0.25) is 0 Å². The van der Waals surface area contributed by atoms with E-state index in [0.29, 0.717) is 0 Å². The highest BCUT2D eigenvalue weighted by Gasteiger charge is 2.25. The number of carbonyl (C=O) groups is 1. The van der Waals surface area contributed by atoms with Crippen molar-refractivity contribution in [3.8, 4) is 5.75 Å². The number of hydrogen-bond acceptors (Lipinski definition) is 4. The Morgan fingerprint density at radius 2 is 2.13 bits per heavy atom. The molecule has 2 rings (SSSR count). The van der Waals surface area contributed by atoms with Crippen molar-refractivity contribution in [3.63, 3.8) is 0 Å². The summed E-state index contributed by atoms with van der Waals surface area (Å²) in [6.07, 6.45) is 0. The molecule has 0 bridgehead atoms. The molecule has 1 aliphatic heterocycles. The lowest BCUT2D eigenvalue weighted by Crippen LogP contribution is -2.26. The molecule has 1 aliphatic rings. The normalized spacial score (nSPS) is 15.1. The van der Waals surface area contributed by atoms with Crippen LogP contribution in [0.1, 0.15) is 0 Å². The van der Waals surface area contributed by atoms with E-state index in [1.807, 2.05) is 0 Å². The zero-order chi connectivity index (χ0) is 11.1. The number of anilines is 1. The summed E-state index contributed by atoms with van der Waals surface area (Å²) in [5.74, 6) is -0.369. The number of nitrogens with one attached hydrogen (secondary N) is 1. The first-order valence-corrected chi connectivity index (χ1v) is 5.37. The summed E-state index contributed by atoms with van der Waals surface area (Å²) >= 11 is 0. The minimum atomic E-state index is -4.86. The van der Waals surface area contributed by atoms with E-state index in [-0.39, 0.29) is 18.0 Å². The second-order valence-corrected chi connectivity index (χ2v) is 4.22. The second kappa shape index (κ2) is 3.20. The molecular weight excluding hydrogens is 225 g/mol. The van der Waals surface area contributed by atoms with E-state index in [9.17, 15) is 17.1 Å². The summed E-state index contributed by atoms with van der Waals surface area (Å²) in [5.41, 5.74) is -0.142. The highest BCUT2D eigenvalue weighted by Crippen LogP contribution is 2.34. The number of benzene rings is 1. The fourth-order valence-electron chi connectivity index (χ4n) is 1.28. The molecule has 0 aromatic heterocycles. The molecule has 0 spiro atoms. The lowest BCUT2D eigenvalue weighted by Gasteiger charge is -2.18. The number of halogens is 1. The molecule has 5 nitrogen and oxygen atoms in total. The molecule has 1 heterocycles. The van der Waals surface area contributed by atoms with Gasteiger partial charge in [0.2, 0.25) is 0 Å². The van der Waals surface area contributed by atoms with Crippen LogP contribution in [0, 0.1) is 0 Å². The fraction of sp³-hybridized carbons (Fsp3) is 0.125. The molecule has 1 aromatic rings. The van der Waals surface area contributed by atoms with Crippen LogP contribution in [-0.4, -0.2) is 20.9 Å². The van der Waals surface area contributed by atoms with Crippen molar-refractivity contribution in [3.05, 3.63) is 18.2 Å². The third kappa shape index (κ3) is 1.78. The number of para-hydroxylation sites is 1. The number of amides is 1. The van der Waals surface area contributed by atoms with Crippen LogP contribution in [0.5, 0.6) is 5.75 Å². The predicted molar refractivity (Wildman–Crippen MR) is 48.9 cm³/mol. The van der Waals surface area contributed by atoms with Crippen molar-refractivity contribution in [1.29, 1.82) is 0 Å². The van der Waals surface area contributed by atoms with Gasteiger partial charge < -0.3 is 10.1 Å². The van der Waals surface area contributed by atoms with Gasteiger partial charge in [-0.3, -0.25) is 4.79 Å². The van der Waals surface area contributed by atoms with Crippen molar-refractivity contribution in [2.24, 2.45) is 0 Å². The molecule has 15 heavy (non-hydrogen) atoms. The highest BCUT2D eigenvalue weighted by molar-refractivity contribution is 7.86. The quantitative estimate of drug-likeness (QED) is 0.721. The summed E-state index contributed by atoms with van der Waals surface area (Å²) in [5, 5.41) is 2.25. The highest BCUT2D eigenvalue weighted by atomic mass is 32.3. The van der Waals surface area contributed by atoms with Crippen LogP contribution in [0.3, 0.4) is 0 Å². The summed E-state index contributed by atoms with van der Waals surface area (Å²) in [7, 11) is -4.86.